The number of para-hydroxylation sites is 1. The number of amides is 3. The number of rotatable bonds is 6. The fourth-order valence-corrected chi connectivity index (χ4v) is 6.21. The standard InChI is InChI=1S/C26H34N4O4/c1-15(31)21(13-17-8-5-11-27-24(17)32)29-25(33)23-19-9-4-7-18(19)14-30(23)26(34)22-12-16-6-2-3-10-20(16)28-22/h2-3,6,10,12,15,17-19,21,23,28,31H,4-5,7-9,11,13-14H2,1H3,(H,27,32)(H,29,33). The highest BCUT2D eigenvalue weighted by molar-refractivity contribution is 6.00. The molecule has 1 saturated carbocycles. The highest BCUT2D eigenvalue weighted by Gasteiger charge is 2.50. The molecule has 1 aliphatic carbocycles. The number of nitrogens with one attached hydrogen (secondary N) is 3. The molecule has 1 aromatic heterocycles. The summed E-state index contributed by atoms with van der Waals surface area (Å²) in [4.78, 5) is 44.4. The lowest BCUT2D eigenvalue weighted by Gasteiger charge is -2.32. The third-order valence-electron chi connectivity index (χ3n) is 8.03. The number of hydrogen-bond acceptors (Lipinski definition) is 4. The van der Waals surface area contributed by atoms with Gasteiger partial charge >= 0.3 is 0 Å². The monoisotopic (exact) mass is 466 g/mol. The summed E-state index contributed by atoms with van der Waals surface area (Å²) in [5, 5.41) is 17.3. The van der Waals surface area contributed by atoms with Crippen LogP contribution in [0.1, 0.15) is 55.9 Å². The minimum atomic E-state index is -0.794. The van der Waals surface area contributed by atoms with Crippen molar-refractivity contribution >= 4 is 28.6 Å². The first kappa shape index (κ1) is 22.9. The highest BCUT2D eigenvalue weighted by Crippen LogP contribution is 2.43. The predicted octanol–water partition coefficient (Wildman–Crippen LogP) is 2.19. The molecule has 3 fully saturated rings. The van der Waals surface area contributed by atoms with Gasteiger partial charge in [0.2, 0.25) is 11.8 Å². The van der Waals surface area contributed by atoms with Crippen LogP contribution in [-0.4, -0.2) is 64.0 Å². The van der Waals surface area contributed by atoms with Crippen LogP contribution in [0.2, 0.25) is 0 Å². The Balaban J connectivity index is 1.35. The Morgan fingerprint density at radius 2 is 2.03 bits per heavy atom. The van der Waals surface area contributed by atoms with Gasteiger partial charge in [0.1, 0.15) is 11.7 Å². The first-order valence-electron chi connectivity index (χ1n) is 12.6. The minimum Gasteiger partial charge on any atom is -0.391 e. The largest absolute Gasteiger partial charge is 0.391 e. The fourth-order valence-electron chi connectivity index (χ4n) is 6.21. The second-order valence-corrected chi connectivity index (χ2v) is 10.2. The van der Waals surface area contributed by atoms with E-state index in [4.69, 9.17) is 0 Å². The van der Waals surface area contributed by atoms with Crippen LogP contribution < -0.4 is 10.6 Å². The molecule has 2 aromatic rings. The molecule has 34 heavy (non-hydrogen) atoms. The van der Waals surface area contributed by atoms with Gasteiger partial charge in [0.15, 0.2) is 0 Å². The van der Waals surface area contributed by atoms with Crippen molar-refractivity contribution in [3.8, 4) is 0 Å². The second-order valence-electron chi connectivity index (χ2n) is 10.2. The molecule has 6 unspecified atom stereocenters. The van der Waals surface area contributed by atoms with E-state index >= 15 is 0 Å². The van der Waals surface area contributed by atoms with Crippen LogP contribution in [0.4, 0.5) is 0 Å². The number of aromatic nitrogens is 1. The lowest BCUT2D eigenvalue weighted by atomic mass is 9.89. The number of benzene rings is 1. The third kappa shape index (κ3) is 4.31. The zero-order valence-corrected chi connectivity index (χ0v) is 19.6. The molecule has 4 N–H and O–H groups in total. The fraction of sp³-hybridized carbons (Fsp3) is 0.577. The van der Waals surface area contributed by atoms with Gasteiger partial charge in [0.05, 0.1) is 12.1 Å². The lowest BCUT2D eigenvalue weighted by Crippen LogP contribution is -2.54. The van der Waals surface area contributed by atoms with E-state index in [1.807, 2.05) is 30.3 Å². The molecule has 2 aliphatic heterocycles. The van der Waals surface area contributed by atoms with E-state index in [1.165, 1.54) is 0 Å². The molecule has 182 valence electrons. The van der Waals surface area contributed by atoms with Crippen LogP contribution in [0.3, 0.4) is 0 Å². The predicted molar refractivity (Wildman–Crippen MR) is 128 cm³/mol. The normalized spacial score (nSPS) is 28.4. The van der Waals surface area contributed by atoms with Gasteiger partial charge in [0.25, 0.3) is 5.91 Å². The summed E-state index contributed by atoms with van der Waals surface area (Å²) < 4.78 is 0. The van der Waals surface area contributed by atoms with Crippen molar-refractivity contribution in [3.05, 3.63) is 36.0 Å². The lowest BCUT2D eigenvalue weighted by molar-refractivity contribution is -0.130. The Bertz CT molecular complexity index is 1050. The Morgan fingerprint density at radius 3 is 2.79 bits per heavy atom. The number of nitrogens with zero attached hydrogens (tertiary/aromatic N) is 1. The van der Waals surface area contributed by atoms with Crippen molar-refractivity contribution < 1.29 is 19.5 Å². The maximum atomic E-state index is 13.6. The summed E-state index contributed by atoms with van der Waals surface area (Å²) in [5.74, 6) is -0.176. The Labute approximate surface area is 199 Å². The summed E-state index contributed by atoms with van der Waals surface area (Å²) in [7, 11) is 0. The Hall–Kier alpha value is -2.87. The van der Waals surface area contributed by atoms with Crippen LogP contribution >= 0.6 is 0 Å². The molecular weight excluding hydrogens is 432 g/mol. The molecule has 3 amide bonds. The summed E-state index contributed by atoms with van der Waals surface area (Å²) in [6.45, 7) is 2.89. The molecule has 8 heteroatoms. The van der Waals surface area contributed by atoms with E-state index in [0.29, 0.717) is 31.1 Å². The molecule has 0 radical (unpaired) electrons. The summed E-state index contributed by atoms with van der Waals surface area (Å²) >= 11 is 0. The third-order valence-corrected chi connectivity index (χ3v) is 8.03. The van der Waals surface area contributed by atoms with Gasteiger partial charge < -0.3 is 25.6 Å². The van der Waals surface area contributed by atoms with E-state index in [9.17, 15) is 19.5 Å². The SMILES string of the molecule is CC(O)C(CC1CCCNC1=O)NC(=O)C1C2CCCC2CN1C(=O)c1cc2ccccc2[nH]1. The van der Waals surface area contributed by atoms with E-state index in [2.05, 4.69) is 15.6 Å². The molecule has 8 nitrogen and oxygen atoms in total. The molecule has 1 aromatic carbocycles. The smallest absolute Gasteiger partial charge is 0.271 e. The number of aromatic amines is 1. The number of carbonyl (C=O) groups excluding carboxylic acids is 3. The zero-order chi connectivity index (χ0) is 23.8. The summed E-state index contributed by atoms with van der Waals surface area (Å²) in [6.07, 6.45) is 4.26. The van der Waals surface area contributed by atoms with Crippen molar-refractivity contribution in [1.29, 1.82) is 0 Å². The van der Waals surface area contributed by atoms with Gasteiger partial charge in [0, 0.05) is 29.9 Å². The molecule has 2 saturated heterocycles. The topological polar surface area (TPSA) is 115 Å². The molecule has 3 aliphatic rings. The van der Waals surface area contributed by atoms with Gasteiger partial charge in [-0.2, -0.15) is 0 Å². The number of piperidine rings is 1. The quantitative estimate of drug-likeness (QED) is 0.522. The average Bonchev–Trinajstić information content (AvgIpc) is 3.53. The first-order chi connectivity index (χ1) is 16.4. The van der Waals surface area contributed by atoms with Gasteiger partial charge in [-0.05, 0) is 63.0 Å². The molecule has 6 atom stereocenters. The molecule has 3 heterocycles. The van der Waals surface area contributed by atoms with Gasteiger partial charge in [-0.15, -0.1) is 0 Å². The van der Waals surface area contributed by atoms with E-state index in [0.717, 1.165) is 43.0 Å². The number of carbonyl (C=O) groups is 3. The van der Waals surface area contributed by atoms with E-state index in [1.54, 1.807) is 11.8 Å². The number of fused-ring (bicyclic) bond motifs is 2. The van der Waals surface area contributed by atoms with Crippen molar-refractivity contribution in [2.24, 2.45) is 17.8 Å². The number of hydrogen-bond donors (Lipinski definition) is 4. The minimum absolute atomic E-state index is 0.0153. The number of aliphatic hydroxyl groups is 1. The average molecular weight is 467 g/mol. The van der Waals surface area contributed by atoms with Crippen LogP contribution in [0.15, 0.2) is 30.3 Å². The van der Waals surface area contributed by atoms with Crippen LogP contribution in [-0.2, 0) is 9.59 Å². The molecule has 0 spiro atoms. The molecular formula is C26H34N4O4. The van der Waals surface area contributed by atoms with Gasteiger partial charge in [-0.25, -0.2) is 0 Å². The number of likely N-dealkylation sites (tertiary alicyclic amines) is 1. The van der Waals surface area contributed by atoms with E-state index in [-0.39, 0.29) is 29.6 Å². The summed E-state index contributed by atoms with van der Waals surface area (Å²) in [6, 6.07) is 8.50. The van der Waals surface area contributed by atoms with Gasteiger partial charge in [-0.3, -0.25) is 14.4 Å². The van der Waals surface area contributed by atoms with Crippen molar-refractivity contribution in [1.82, 2.24) is 20.5 Å². The van der Waals surface area contributed by atoms with Gasteiger partial charge in [-0.1, -0.05) is 24.6 Å². The molecule has 5 rings (SSSR count). The molecule has 0 bridgehead atoms. The van der Waals surface area contributed by atoms with Crippen LogP contribution in [0.5, 0.6) is 0 Å². The Kier molecular flexibility index (Phi) is 6.34. The van der Waals surface area contributed by atoms with Crippen molar-refractivity contribution in [2.75, 3.05) is 13.1 Å². The van der Waals surface area contributed by atoms with Crippen LogP contribution in [0.25, 0.3) is 10.9 Å². The number of aliphatic hydroxyl groups excluding tert-OH is 1. The maximum Gasteiger partial charge on any atom is 0.271 e. The van der Waals surface area contributed by atoms with Crippen molar-refractivity contribution in [3.63, 3.8) is 0 Å². The second kappa shape index (κ2) is 9.41. The summed E-state index contributed by atoms with van der Waals surface area (Å²) in [5.41, 5.74) is 1.39. The van der Waals surface area contributed by atoms with E-state index < -0.39 is 18.2 Å². The highest BCUT2D eigenvalue weighted by atomic mass is 16.3. The number of H-pyrrole nitrogens is 1. The zero-order valence-electron chi connectivity index (χ0n) is 19.6. The first-order valence-corrected chi connectivity index (χ1v) is 12.6. The van der Waals surface area contributed by atoms with Crippen LogP contribution in [0, 0.1) is 17.8 Å². The Morgan fingerprint density at radius 1 is 1.21 bits per heavy atom. The maximum absolute atomic E-state index is 13.6. The van der Waals surface area contributed by atoms with Crippen molar-refractivity contribution in [2.45, 2.75) is 63.6 Å².